The zero-order valence-electron chi connectivity index (χ0n) is 39.0. The fourth-order valence-electron chi connectivity index (χ4n) is 7.74. The minimum absolute atomic E-state index is 0.0943. The Labute approximate surface area is 412 Å². The highest BCUT2D eigenvalue weighted by Gasteiger charge is 2.28. The molecule has 2 fully saturated rings. The molecule has 0 bridgehead atoms. The molecule has 2 aliphatic heterocycles. The van der Waals surface area contributed by atoms with Crippen LogP contribution in [0.2, 0.25) is 0 Å². The van der Waals surface area contributed by atoms with E-state index in [1.54, 1.807) is 47.8 Å². The molecule has 0 spiro atoms. The number of esters is 4. The predicted molar refractivity (Wildman–Crippen MR) is 263 cm³/mol. The van der Waals surface area contributed by atoms with Gasteiger partial charge in [0, 0.05) is 62.0 Å². The SMILES string of the molecule is O=C(Cc1ccc(Cc2ccc(CC(=O)OCC(O)(O)COC(=O)Cc3ccc(Cc4ccc(CC(=O)OCCSCCN5CCCC5=O)cc4)cc3)cc2)cc1)OCCSCCN1CCCC1=O. The molecule has 69 heavy (non-hydrogen) atoms. The molecular weight excluding hydrogens is 921 g/mol. The summed E-state index contributed by atoms with van der Waals surface area (Å²) in [6.07, 6.45) is 4.61. The highest BCUT2D eigenvalue weighted by atomic mass is 32.2. The lowest BCUT2D eigenvalue weighted by Gasteiger charge is -2.21. The number of carbonyl (C=O) groups excluding carboxylic acids is 6. The third-order valence-corrected chi connectivity index (χ3v) is 13.4. The lowest BCUT2D eigenvalue weighted by Crippen LogP contribution is -2.41. The summed E-state index contributed by atoms with van der Waals surface area (Å²) in [5.74, 6) is -1.00. The van der Waals surface area contributed by atoms with Gasteiger partial charge in [-0.1, -0.05) is 97.1 Å². The number of aliphatic hydroxyl groups is 2. The summed E-state index contributed by atoms with van der Waals surface area (Å²) in [5, 5.41) is 20.7. The van der Waals surface area contributed by atoms with E-state index in [0.29, 0.717) is 61.5 Å². The van der Waals surface area contributed by atoms with E-state index in [1.807, 2.05) is 82.6 Å². The van der Waals surface area contributed by atoms with Crippen LogP contribution in [0.3, 0.4) is 0 Å². The molecule has 368 valence electrons. The van der Waals surface area contributed by atoms with Gasteiger partial charge in [0.2, 0.25) is 17.6 Å². The Morgan fingerprint density at radius 3 is 1.03 bits per heavy atom. The maximum absolute atomic E-state index is 12.5. The molecule has 2 amide bonds. The van der Waals surface area contributed by atoms with Crippen molar-refractivity contribution in [2.45, 2.75) is 70.0 Å². The molecule has 0 radical (unpaired) electrons. The molecule has 0 aliphatic carbocycles. The lowest BCUT2D eigenvalue weighted by molar-refractivity contribution is -0.225. The molecule has 2 saturated heterocycles. The van der Waals surface area contributed by atoms with E-state index in [-0.39, 0.29) is 49.4 Å². The molecule has 0 unspecified atom stereocenters. The van der Waals surface area contributed by atoms with Crippen LogP contribution in [0.4, 0.5) is 0 Å². The first-order valence-electron chi connectivity index (χ1n) is 23.5. The number of rotatable bonds is 28. The van der Waals surface area contributed by atoms with Crippen molar-refractivity contribution in [3.63, 3.8) is 0 Å². The molecule has 2 heterocycles. The van der Waals surface area contributed by atoms with Crippen LogP contribution in [-0.2, 0) is 86.2 Å². The maximum Gasteiger partial charge on any atom is 0.310 e. The molecule has 6 rings (SSSR count). The molecule has 2 aliphatic rings. The molecule has 16 heteroatoms. The summed E-state index contributed by atoms with van der Waals surface area (Å²) in [6, 6.07) is 30.3. The second-order valence-corrected chi connectivity index (χ2v) is 19.7. The normalized spacial score (nSPS) is 13.7. The Kier molecular flexibility index (Phi) is 21.0. The van der Waals surface area contributed by atoms with Crippen molar-refractivity contribution in [2.24, 2.45) is 0 Å². The van der Waals surface area contributed by atoms with Gasteiger partial charge in [0.25, 0.3) is 0 Å². The fourth-order valence-corrected chi connectivity index (χ4v) is 9.25. The van der Waals surface area contributed by atoms with Crippen molar-refractivity contribution in [3.8, 4) is 0 Å². The topological polar surface area (TPSA) is 186 Å². The molecule has 0 saturated carbocycles. The van der Waals surface area contributed by atoms with Crippen molar-refractivity contribution >= 4 is 59.2 Å². The second-order valence-electron chi connectivity index (χ2n) is 17.3. The Morgan fingerprint density at radius 1 is 0.449 bits per heavy atom. The number of carbonyl (C=O) groups is 6. The number of ether oxygens (including phenoxy) is 4. The first-order chi connectivity index (χ1) is 33.4. The van der Waals surface area contributed by atoms with Crippen molar-refractivity contribution in [1.82, 2.24) is 9.80 Å². The highest BCUT2D eigenvalue weighted by Crippen LogP contribution is 2.18. The largest absolute Gasteiger partial charge is 0.465 e. The summed E-state index contributed by atoms with van der Waals surface area (Å²) in [6.45, 7) is 2.26. The fraction of sp³-hybridized carbons (Fsp3) is 0.434. The minimum Gasteiger partial charge on any atom is -0.465 e. The summed E-state index contributed by atoms with van der Waals surface area (Å²) in [7, 11) is 0. The quantitative estimate of drug-likeness (QED) is 0.0323. The van der Waals surface area contributed by atoms with Crippen LogP contribution in [0.25, 0.3) is 0 Å². The van der Waals surface area contributed by atoms with Crippen molar-refractivity contribution < 1.29 is 57.9 Å². The standard InChI is InChI=1S/C53H62N2O12S2/c56-47-3-1-21-54(47)23-27-68-29-25-64-49(58)33-43-13-5-39(6-14-43)31-41-9-17-45(18-10-41)35-51(60)66-37-53(62,63)38-67-52(61)36-46-19-11-42(12-20-46)32-40-7-15-44(16-8-40)34-50(59)65-26-30-69-28-24-55-22-2-4-48(55)57/h5-20,62-63H,1-4,21-38H2. The molecule has 0 aromatic heterocycles. The molecular formula is C53H62N2O12S2. The van der Waals surface area contributed by atoms with E-state index in [4.69, 9.17) is 18.9 Å². The van der Waals surface area contributed by atoms with Gasteiger partial charge in [0.15, 0.2) is 0 Å². The van der Waals surface area contributed by atoms with E-state index in [1.165, 1.54) is 0 Å². The number of likely N-dealkylation sites (tertiary alicyclic amines) is 2. The summed E-state index contributed by atoms with van der Waals surface area (Å²) < 4.78 is 21.0. The number of benzene rings is 4. The van der Waals surface area contributed by atoms with Gasteiger partial charge in [-0.25, -0.2) is 0 Å². The van der Waals surface area contributed by atoms with Crippen LogP contribution in [0.5, 0.6) is 0 Å². The van der Waals surface area contributed by atoms with Gasteiger partial charge in [0.1, 0.15) is 26.4 Å². The summed E-state index contributed by atoms with van der Waals surface area (Å²) in [5.41, 5.74) is 7.19. The van der Waals surface area contributed by atoms with E-state index < -0.39 is 30.9 Å². The Morgan fingerprint density at radius 2 is 0.739 bits per heavy atom. The van der Waals surface area contributed by atoms with E-state index in [0.717, 1.165) is 83.9 Å². The monoisotopic (exact) mass is 982 g/mol. The van der Waals surface area contributed by atoms with Crippen molar-refractivity contribution in [1.29, 1.82) is 0 Å². The molecule has 4 aromatic rings. The van der Waals surface area contributed by atoms with Gasteiger partial charge in [-0.3, -0.25) is 28.8 Å². The van der Waals surface area contributed by atoms with Crippen LogP contribution in [0.1, 0.15) is 70.2 Å². The van der Waals surface area contributed by atoms with E-state index >= 15 is 0 Å². The van der Waals surface area contributed by atoms with Gasteiger partial charge >= 0.3 is 23.9 Å². The van der Waals surface area contributed by atoms with Crippen LogP contribution in [0.15, 0.2) is 97.1 Å². The third kappa shape index (κ3) is 19.3. The maximum atomic E-state index is 12.5. The van der Waals surface area contributed by atoms with Crippen LogP contribution >= 0.6 is 23.5 Å². The van der Waals surface area contributed by atoms with Gasteiger partial charge in [-0.2, -0.15) is 23.5 Å². The Hall–Kier alpha value is -5.68. The van der Waals surface area contributed by atoms with Gasteiger partial charge in [0.05, 0.1) is 25.7 Å². The smallest absolute Gasteiger partial charge is 0.310 e. The van der Waals surface area contributed by atoms with Crippen LogP contribution in [0, 0.1) is 0 Å². The number of amides is 2. The number of hydrogen-bond donors (Lipinski definition) is 2. The summed E-state index contributed by atoms with van der Waals surface area (Å²) in [4.78, 5) is 76.9. The van der Waals surface area contributed by atoms with Gasteiger partial charge < -0.3 is 39.0 Å². The van der Waals surface area contributed by atoms with Crippen LogP contribution < -0.4 is 0 Å². The average Bonchev–Trinajstić information content (AvgIpc) is 3.95. The van der Waals surface area contributed by atoms with Crippen LogP contribution in [-0.4, -0.2) is 137 Å². The first kappa shape index (κ1) is 52.7. The number of nitrogens with zero attached hydrogens (tertiary/aromatic N) is 2. The number of hydrogen-bond acceptors (Lipinski definition) is 14. The summed E-state index contributed by atoms with van der Waals surface area (Å²) >= 11 is 3.34. The van der Waals surface area contributed by atoms with Gasteiger partial charge in [-0.15, -0.1) is 0 Å². The molecule has 14 nitrogen and oxygen atoms in total. The molecule has 2 N–H and O–H groups in total. The zero-order valence-corrected chi connectivity index (χ0v) is 40.6. The van der Waals surface area contributed by atoms with E-state index in [2.05, 4.69) is 0 Å². The molecule has 4 aromatic carbocycles. The van der Waals surface area contributed by atoms with E-state index in [9.17, 15) is 39.0 Å². The third-order valence-electron chi connectivity index (χ3n) is 11.6. The first-order valence-corrected chi connectivity index (χ1v) is 25.8. The highest BCUT2D eigenvalue weighted by molar-refractivity contribution is 7.99. The number of thioether (sulfide) groups is 2. The average molecular weight is 983 g/mol. The minimum atomic E-state index is -2.57. The Bertz CT molecular complexity index is 2140. The zero-order chi connectivity index (χ0) is 48.9. The second kappa shape index (κ2) is 27.5. The van der Waals surface area contributed by atoms with Crippen molar-refractivity contribution in [3.05, 3.63) is 142 Å². The predicted octanol–water partition coefficient (Wildman–Crippen LogP) is 5.30. The Balaban J connectivity index is 0.799. The lowest BCUT2D eigenvalue weighted by atomic mass is 10.0. The van der Waals surface area contributed by atoms with Gasteiger partial charge in [-0.05, 0) is 70.2 Å². The molecule has 0 atom stereocenters. The van der Waals surface area contributed by atoms with Crippen molar-refractivity contribution in [2.75, 3.05) is 75.6 Å².